The van der Waals surface area contributed by atoms with Gasteiger partial charge in [0.05, 0.1) is 6.20 Å². The van der Waals surface area contributed by atoms with Gasteiger partial charge in [-0.1, -0.05) is 0 Å². The van der Waals surface area contributed by atoms with Crippen LogP contribution in [-0.2, 0) is 4.79 Å². The third-order valence-corrected chi connectivity index (χ3v) is 3.64. The summed E-state index contributed by atoms with van der Waals surface area (Å²) in [4.78, 5) is 27.1. The summed E-state index contributed by atoms with van der Waals surface area (Å²) in [6.45, 7) is 0.754. The van der Waals surface area contributed by atoms with E-state index in [1.54, 1.807) is 0 Å². The highest BCUT2D eigenvalue weighted by atomic mass is 19.4. The fourth-order valence-electron chi connectivity index (χ4n) is 2.65. The van der Waals surface area contributed by atoms with Crippen LogP contribution < -0.4 is 5.32 Å². The number of hydrogen-bond donors (Lipinski definition) is 1. The molecule has 2 rings (SSSR count). The molecule has 0 unspecified atom stereocenters. The van der Waals surface area contributed by atoms with Gasteiger partial charge in [0.2, 0.25) is 5.91 Å². The molecule has 0 aliphatic carbocycles. The number of amides is 2. The van der Waals surface area contributed by atoms with Crippen molar-refractivity contribution < 1.29 is 31.5 Å². The van der Waals surface area contributed by atoms with Gasteiger partial charge in [-0.2, -0.15) is 13.2 Å². The molecule has 2 atom stereocenters. The Kier molecular flexibility index (Phi) is 5.05. The first-order valence-corrected chi connectivity index (χ1v) is 7.05. The van der Waals surface area contributed by atoms with Crippen LogP contribution in [-0.4, -0.2) is 46.5 Å². The van der Waals surface area contributed by atoms with Crippen LogP contribution in [0, 0.1) is 11.6 Å². The molecule has 1 aliphatic heterocycles. The summed E-state index contributed by atoms with van der Waals surface area (Å²) in [5, 5.41) is 2.44. The van der Waals surface area contributed by atoms with Gasteiger partial charge < -0.3 is 10.2 Å². The summed E-state index contributed by atoms with van der Waals surface area (Å²) >= 11 is 0. The summed E-state index contributed by atoms with van der Waals surface area (Å²) in [7, 11) is 0. The van der Waals surface area contributed by atoms with Crippen molar-refractivity contribution in [2.24, 2.45) is 0 Å². The first-order valence-electron chi connectivity index (χ1n) is 7.05. The topological polar surface area (TPSA) is 62.3 Å². The Hall–Kier alpha value is -2.26. The number of halogens is 5. The number of hydrogen-bond acceptors (Lipinski definition) is 3. The van der Waals surface area contributed by atoms with Crippen molar-refractivity contribution in [3.05, 3.63) is 29.6 Å². The lowest BCUT2D eigenvalue weighted by Gasteiger charge is -2.40. The first kappa shape index (κ1) is 18.1. The number of aromatic nitrogens is 1. The van der Waals surface area contributed by atoms with Gasteiger partial charge in [-0.25, -0.2) is 13.8 Å². The third kappa shape index (κ3) is 3.98. The van der Waals surface area contributed by atoms with Crippen molar-refractivity contribution in [2.45, 2.75) is 38.0 Å². The lowest BCUT2D eigenvalue weighted by atomic mass is 9.97. The number of rotatable bonds is 2. The highest BCUT2D eigenvalue weighted by molar-refractivity contribution is 5.93. The number of pyridine rings is 1. The molecule has 132 valence electrons. The molecule has 5 nitrogen and oxygen atoms in total. The number of piperidine rings is 1. The lowest BCUT2D eigenvalue weighted by Crippen LogP contribution is -2.58. The molecule has 1 aromatic heterocycles. The van der Waals surface area contributed by atoms with E-state index in [0.717, 1.165) is 0 Å². The number of alkyl halides is 3. The Labute approximate surface area is 133 Å². The zero-order valence-corrected chi connectivity index (χ0v) is 12.5. The SMILES string of the molecule is CC(=O)N[C@H]1CC[C@H](C(F)(F)F)N(C(=O)c2ncc(F)cc2F)C1. The highest BCUT2D eigenvalue weighted by Crippen LogP contribution is 2.33. The molecule has 0 bridgehead atoms. The molecule has 0 radical (unpaired) electrons. The molecule has 0 aromatic carbocycles. The van der Waals surface area contributed by atoms with E-state index in [-0.39, 0.29) is 6.42 Å². The van der Waals surface area contributed by atoms with Crippen molar-refractivity contribution >= 4 is 11.8 Å². The molecule has 1 saturated heterocycles. The quantitative estimate of drug-likeness (QED) is 0.830. The Morgan fingerprint density at radius 1 is 1.29 bits per heavy atom. The van der Waals surface area contributed by atoms with Crippen LogP contribution >= 0.6 is 0 Å². The van der Waals surface area contributed by atoms with E-state index < -0.39 is 60.4 Å². The predicted molar refractivity (Wildman–Crippen MR) is 71.9 cm³/mol. The van der Waals surface area contributed by atoms with Crippen LogP contribution in [0.25, 0.3) is 0 Å². The third-order valence-electron chi connectivity index (χ3n) is 3.64. The average molecular weight is 351 g/mol. The largest absolute Gasteiger partial charge is 0.408 e. The summed E-state index contributed by atoms with van der Waals surface area (Å²) in [6, 6.07) is -2.44. The van der Waals surface area contributed by atoms with E-state index in [0.29, 0.717) is 17.2 Å². The molecule has 2 amide bonds. The van der Waals surface area contributed by atoms with Gasteiger partial charge >= 0.3 is 6.18 Å². The van der Waals surface area contributed by atoms with Gasteiger partial charge in [-0.15, -0.1) is 0 Å². The minimum Gasteiger partial charge on any atom is -0.352 e. The van der Waals surface area contributed by atoms with Gasteiger partial charge in [0.15, 0.2) is 11.5 Å². The predicted octanol–water partition coefficient (Wildman–Crippen LogP) is 2.03. The Bertz CT molecular complexity index is 650. The molecule has 1 aliphatic rings. The molecule has 1 fully saturated rings. The summed E-state index contributed by atoms with van der Waals surface area (Å²) in [5.41, 5.74) is -0.894. The van der Waals surface area contributed by atoms with Crippen molar-refractivity contribution in [1.82, 2.24) is 15.2 Å². The van der Waals surface area contributed by atoms with E-state index in [4.69, 9.17) is 0 Å². The second-order valence-corrected chi connectivity index (χ2v) is 5.47. The van der Waals surface area contributed by atoms with E-state index in [1.807, 2.05) is 0 Å². The smallest absolute Gasteiger partial charge is 0.352 e. The Morgan fingerprint density at radius 2 is 1.96 bits per heavy atom. The molecule has 0 spiro atoms. The van der Waals surface area contributed by atoms with Gasteiger partial charge in [-0.3, -0.25) is 9.59 Å². The van der Waals surface area contributed by atoms with Crippen molar-refractivity contribution in [3.8, 4) is 0 Å². The number of nitrogens with one attached hydrogen (secondary N) is 1. The van der Waals surface area contributed by atoms with E-state index in [1.165, 1.54) is 6.92 Å². The normalized spacial score (nSPS) is 21.5. The summed E-state index contributed by atoms with van der Waals surface area (Å²) in [5.74, 6) is -4.15. The van der Waals surface area contributed by atoms with Crippen LogP contribution in [0.1, 0.15) is 30.3 Å². The zero-order chi connectivity index (χ0) is 18.1. The van der Waals surface area contributed by atoms with Gasteiger partial charge in [-0.05, 0) is 12.8 Å². The highest BCUT2D eigenvalue weighted by Gasteiger charge is 2.48. The summed E-state index contributed by atoms with van der Waals surface area (Å²) in [6.07, 6.45) is -4.59. The number of nitrogens with zero attached hydrogens (tertiary/aromatic N) is 2. The van der Waals surface area contributed by atoms with Crippen LogP contribution in [0.4, 0.5) is 22.0 Å². The molecule has 24 heavy (non-hydrogen) atoms. The van der Waals surface area contributed by atoms with E-state index >= 15 is 0 Å². The molecule has 10 heteroatoms. The van der Waals surface area contributed by atoms with Gasteiger partial charge in [0.1, 0.15) is 11.9 Å². The fourth-order valence-corrected chi connectivity index (χ4v) is 2.65. The molecular formula is C14H14F5N3O2. The average Bonchev–Trinajstić information content (AvgIpc) is 2.44. The minimum absolute atomic E-state index is 0.0207. The Morgan fingerprint density at radius 3 is 2.50 bits per heavy atom. The van der Waals surface area contributed by atoms with Crippen molar-refractivity contribution in [1.29, 1.82) is 0 Å². The maximum atomic E-state index is 13.7. The maximum Gasteiger partial charge on any atom is 0.408 e. The molecule has 1 N–H and O–H groups in total. The number of carbonyl (C=O) groups excluding carboxylic acids is 2. The monoisotopic (exact) mass is 351 g/mol. The van der Waals surface area contributed by atoms with Crippen LogP contribution in [0.5, 0.6) is 0 Å². The second kappa shape index (κ2) is 6.70. The molecule has 1 aromatic rings. The van der Waals surface area contributed by atoms with E-state index in [9.17, 15) is 31.5 Å². The second-order valence-electron chi connectivity index (χ2n) is 5.47. The van der Waals surface area contributed by atoms with Crippen LogP contribution in [0.3, 0.4) is 0 Å². The first-order chi connectivity index (χ1) is 11.1. The molecular weight excluding hydrogens is 337 g/mol. The van der Waals surface area contributed by atoms with Gasteiger partial charge in [0, 0.05) is 25.6 Å². The summed E-state index contributed by atoms with van der Waals surface area (Å²) < 4.78 is 66.1. The van der Waals surface area contributed by atoms with E-state index in [2.05, 4.69) is 10.3 Å². The van der Waals surface area contributed by atoms with Crippen LogP contribution in [0.15, 0.2) is 12.3 Å². The van der Waals surface area contributed by atoms with Gasteiger partial charge in [0.25, 0.3) is 5.91 Å². The number of likely N-dealkylation sites (tertiary alicyclic amines) is 1. The molecule has 2 heterocycles. The van der Waals surface area contributed by atoms with Crippen LogP contribution in [0.2, 0.25) is 0 Å². The zero-order valence-electron chi connectivity index (χ0n) is 12.5. The standard InChI is InChI=1S/C14H14F5N3O2/c1-7(23)21-9-2-3-11(14(17,18)19)22(6-9)13(24)12-10(16)4-8(15)5-20-12/h4-5,9,11H,2-3,6H2,1H3,(H,21,23)/t9-,11+/m0/s1. The fraction of sp³-hybridized carbons (Fsp3) is 0.500. The Balaban J connectivity index is 2.31. The maximum absolute atomic E-state index is 13.7. The minimum atomic E-state index is -4.71. The van der Waals surface area contributed by atoms with Crippen molar-refractivity contribution in [2.75, 3.05) is 6.54 Å². The van der Waals surface area contributed by atoms with Crippen molar-refractivity contribution in [3.63, 3.8) is 0 Å². The number of carbonyl (C=O) groups is 2. The lowest BCUT2D eigenvalue weighted by molar-refractivity contribution is -0.184. The molecule has 0 saturated carbocycles.